The van der Waals surface area contributed by atoms with Gasteiger partial charge in [-0.2, -0.15) is 0 Å². The predicted molar refractivity (Wildman–Crippen MR) is 66.6 cm³/mol. The third-order valence-corrected chi connectivity index (χ3v) is 2.34. The number of carbonyl (C=O) groups is 1. The molecule has 1 N–H and O–H groups in total. The number of hydrogen-bond acceptors (Lipinski definition) is 4. The summed E-state index contributed by atoms with van der Waals surface area (Å²) in [6.45, 7) is 3.24. The van der Waals surface area contributed by atoms with Crippen LogP contribution >= 0.6 is 0 Å². The molecule has 0 aromatic carbocycles. The summed E-state index contributed by atoms with van der Waals surface area (Å²) in [5.41, 5.74) is 1.69. The molecule has 0 saturated heterocycles. The molecule has 0 radical (unpaired) electrons. The molecular weight excluding hydrogens is 216 g/mol. The Bertz CT molecular complexity index is 374. The van der Waals surface area contributed by atoms with Gasteiger partial charge in [0, 0.05) is 37.0 Å². The number of nitrogens with one attached hydrogen (secondary N) is 1. The average Bonchev–Trinajstić information content (AvgIpc) is 2.38. The number of carbonyl (C=O) groups excluding carboxylic acids is 1. The van der Waals surface area contributed by atoms with Crippen LogP contribution in [0.3, 0.4) is 0 Å². The van der Waals surface area contributed by atoms with Crippen molar-refractivity contribution in [2.45, 2.75) is 13.3 Å². The van der Waals surface area contributed by atoms with Gasteiger partial charge in [0.2, 0.25) is 0 Å². The van der Waals surface area contributed by atoms with Crippen molar-refractivity contribution in [2.75, 3.05) is 20.2 Å². The number of pyridine rings is 1. The third-order valence-electron chi connectivity index (χ3n) is 2.34. The van der Waals surface area contributed by atoms with Gasteiger partial charge >= 0.3 is 5.97 Å². The summed E-state index contributed by atoms with van der Waals surface area (Å²) < 4.78 is 4.59. The van der Waals surface area contributed by atoms with E-state index < -0.39 is 0 Å². The Hall–Kier alpha value is -1.68. The van der Waals surface area contributed by atoms with Gasteiger partial charge in [-0.3, -0.25) is 4.98 Å². The molecule has 0 fully saturated rings. The zero-order valence-electron chi connectivity index (χ0n) is 10.3. The third kappa shape index (κ3) is 5.26. The molecule has 1 aromatic heterocycles. The lowest BCUT2D eigenvalue weighted by molar-refractivity contribution is -0.136. The van der Waals surface area contributed by atoms with Crippen LogP contribution in [-0.4, -0.2) is 31.2 Å². The molecule has 92 valence electrons. The fourth-order valence-electron chi connectivity index (χ4n) is 1.33. The van der Waals surface area contributed by atoms with Crippen molar-refractivity contribution >= 4 is 5.97 Å². The van der Waals surface area contributed by atoms with Crippen molar-refractivity contribution in [3.63, 3.8) is 0 Å². The smallest absolute Gasteiger partial charge is 0.333 e. The molecule has 1 rings (SSSR count). The van der Waals surface area contributed by atoms with Gasteiger partial charge in [-0.1, -0.05) is 12.1 Å². The highest BCUT2D eigenvalue weighted by Gasteiger charge is 2.00. The van der Waals surface area contributed by atoms with E-state index in [4.69, 9.17) is 0 Å². The minimum atomic E-state index is -0.281. The van der Waals surface area contributed by atoms with Crippen LogP contribution in [0.15, 0.2) is 36.0 Å². The van der Waals surface area contributed by atoms with Crippen molar-refractivity contribution in [2.24, 2.45) is 0 Å². The SMILES string of the molecule is COC(=O)/C(C)=C/CNCCc1ccccn1. The van der Waals surface area contributed by atoms with Crippen molar-refractivity contribution < 1.29 is 9.53 Å². The van der Waals surface area contributed by atoms with E-state index in [-0.39, 0.29) is 5.97 Å². The Kier molecular flexibility index (Phi) is 5.96. The molecule has 0 amide bonds. The molecule has 1 aromatic rings. The first-order chi connectivity index (χ1) is 8.24. The quantitative estimate of drug-likeness (QED) is 0.458. The second-order valence-electron chi connectivity index (χ2n) is 3.65. The highest BCUT2D eigenvalue weighted by atomic mass is 16.5. The van der Waals surface area contributed by atoms with Crippen LogP contribution in [0.1, 0.15) is 12.6 Å². The zero-order valence-corrected chi connectivity index (χ0v) is 10.3. The van der Waals surface area contributed by atoms with Crippen LogP contribution in [0.2, 0.25) is 0 Å². The first-order valence-corrected chi connectivity index (χ1v) is 5.59. The number of hydrogen-bond donors (Lipinski definition) is 1. The van der Waals surface area contributed by atoms with E-state index in [1.807, 2.05) is 24.3 Å². The molecule has 0 aliphatic rings. The Labute approximate surface area is 102 Å². The van der Waals surface area contributed by atoms with Gasteiger partial charge in [0.1, 0.15) is 0 Å². The van der Waals surface area contributed by atoms with E-state index in [0.717, 1.165) is 18.7 Å². The maximum absolute atomic E-state index is 11.1. The molecule has 0 aliphatic carbocycles. The summed E-state index contributed by atoms with van der Waals surface area (Å²) in [4.78, 5) is 15.3. The van der Waals surface area contributed by atoms with Gasteiger partial charge in [0.15, 0.2) is 0 Å². The molecule has 0 aliphatic heterocycles. The fourth-order valence-corrected chi connectivity index (χ4v) is 1.33. The van der Waals surface area contributed by atoms with E-state index in [0.29, 0.717) is 12.1 Å². The Morgan fingerprint density at radius 3 is 3.00 bits per heavy atom. The van der Waals surface area contributed by atoms with Crippen molar-refractivity contribution in [3.05, 3.63) is 41.7 Å². The number of aromatic nitrogens is 1. The normalized spacial score (nSPS) is 11.3. The fraction of sp³-hybridized carbons (Fsp3) is 0.385. The largest absolute Gasteiger partial charge is 0.466 e. The summed E-state index contributed by atoms with van der Waals surface area (Å²) >= 11 is 0. The number of methoxy groups -OCH3 is 1. The van der Waals surface area contributed by atoms with Gasteiger partial charge < -0.3 is 10.1 Å². The van der Waals surface area contributed by atoms with E-state index in [2.05, 4.69) is 15.0 Å². The van der Waals surface area contributed by atoms with Crippen molar-refractivity contribution in [1.82, 2.24) is 10.3 Å². The molecular formula is C13H18N2O2. The molecule has 17 heavy (non-hydrogen) atoms. The van der Waals surface area contributed by atoms with Crippen molar-refractivity contribution in [1.29, 1.82) is 0 Å². The molecule has 0 bridgehead atoms. The van der Waals surface area contributed by atoms with Crippen LogP contribution in [0.25, 0.3) is 0 Å². The highest BCUT2D eigenvalue weighted by Crippen LogP contribution is 1.95. The lowest BCUT2D eigenvalue weighted by atomic mass is 10.2. The van der Waals surface area contributed by atoms with Gasteiger partial charge in [0.05, 0.1) is 7.11 Å². The molecule has 4 nitrogen and oxygen atoms in total. The van der Waals surface area contributed by atoms with Gasteiger partial charge in [-0.15, -0.1) is 0 Å². The average molecular weight is 234 g/mol. The summed E-state index contributed by atoms with van der Waals surface area (Å²) in [5, 5.41) is 3.22. The second-order valence-corrected chi connectivity index (χ2v) is 3.65. The Morgan fingerprint density at radius 2 is 2.35 bits per heavy atom. The van der Waals surface area contributed by atoms with Gasteiger partial charge in [0.25, 0.3) is 0 Å². The maximum atomic E-state index is 11.1. The molecule has 0 spiro atoms. The molecule has 1 heterocycles. The van der Waals surface area contributed by atoms with Crippen LogP contribution in [-0.2, 0) is 16.0 Å². The minimum Gasteiger partial charge on any atom is -0.466 e. The predicted octanol–water partition coefficient (Wildman–Crippen LogP) is 1.33. The Morgan fingerprint density at radius 1 is 1.53 bits per heavy atom. The van der Waals surface area contributed by atoms with Crippen LogP contribution in [0.5, 0.6) is 0 Å². The second kappa shape index (κ2) is 7.57. The summed E-state index contributed by atoms with van der Waals surface area (Å²) in [7, 11) is 1.38. The van der Waals surface area contributed by atoms with Crippen molar-refractivity contribution in [3.8, 4) is 0 Å². The standard InChI is InChI=1S/C13H18N2O2/c1-11(13(16)17-2)6-9-14-10-7-12-5-3-4-8-15-12/h3-6,8,14H,7,9-10H2,1-2H3/b11-6+. The summed E-state index contributed by atoms with van der Waals surface area (Å²) in [5.74, 6) is -0.281. The molecule has 0 atom stereocenters. The van der Waals surface area contributed by atoms with E-state index in [1.54, 1.807) is 13.1 Å². The topological polar surface area (TPSA) is 51.2 Å². The van der Waals surface area contributed by atoms with Gasteiger partial charge in [-0.25, -0.2) is 4.79 Å². The molecule has 0 saturated carbocycles. The van der Waals surface area contributed by atoms with Crippen LogP contribution in [0.4, 0.5) is 0 Å². The summed E-state index contributed by atoms with van der Waals surface area (Å²) in [6.07, 6.45) is 4.49. The lowest BCUT2D eigenvalue weighted by Gasteiger charge is -2.02. The van der Waals surface area contributed by atoms with E-state index >= 15 is 0 Å². The number of ether oxygens (including phenoxy) is 1. The number of nitrogens with zero attached hydrogens (tertiary/aromatic N) is 1. The maximum Gasteiger partial charge on any atom is 0.333 e. The summed E-state index contributed by atoms with van der Waals surface area (Å²) in [6, 6.07) is 5.88. The molecule has 4 heteroatoms. The van der Waals surface area contributed by atoms with Gasteiger partial charge in [-0.05, 0) is 19.1 Å². The first-order valence-electron chi connectivity index (χ1n) is 5.59. The Balaban J connectivity index is 2.19. The first kappa shape index (κ1) is 13.4. The van der Waals surface area contributed by atoms with E-state index in [1.165, 1.54) is 7.11 Å². The molecule has 0 unspecified atom stereocenters. The monoisotopic (exact) mass is 234 g/mol. The minimum absolute atomic E-state index is 0.281. The van der Waals surface area contributed by atoms with E-state index in [9.17, 15) is 4.79 Å². The van der Waals surface area contributed by atoms with Crippen LogP contribution in [0, 0.1) is 0 Å². The number of esters is 1. The zero-order chi connectivity index (χ0) is 12.5. The lowest BCUT2D eigenvalue weighted by Crippen LogP contribution is -2.18. The van der Waals surface area contributed by atoms with Crippen LogP contribution < -0.4 is 5.32 Å². The highest BCUT2D eigenvalue weighted by molar-refractivity contribution is 5.87. The number of rotatable bonds is 6.